The SMILES string of the molecule is CC(=O)COc1cc(S(=O)(=O)N2CCCCC2)ccc1N1CC(=O)N(C)C1=O. The van der Waals surface area contributed by atoms with Gasteiger partial charge in [-0.15, -0.1) is 0 Å². The number of likely N-dealkylation sites (N-methyl/N-ethyl adjacent to an activating group) is 1. The largest absolute Gasteiger partial charge is 0.484 e. The molecule has 0 spiro atoms. The Kier molecular flexibility index (Phi) is 5.71. The maximum atomic E-state index is 12.9. The molecular formula is C18H23N3O6S. The van der Waals surface area contributed by atoms with Crippen LogP contribution >= 0.6 is 0 Å². The van der Waals surface area contributed by atoms with Crippen LogP contribution in [0.1, 0.15) is 26.2 Å². The number of piperidine rings is 1. The summed E-state index contributed by atoms with van der Waals surface area (Å²) in [6, 6.07) is 3.62. The molecule has 0 saturated carbocycles. The van der Waals surface area contributed by atoms with Crippen molar-refractivity contribution in [3.63, 3.8) is 0 Å². The maximum Gasteiger partial charge on any atom is 0.331 e. The molecule has 9 nitrogen and oxygen atoms in total. The third kappa shape index (κ3) is 3.88. The van der Waals surface area contributed by atoms with Gasteiger partial charge in [0.25, 0.3) is 0 Å². The summed E-state index contributed by atoms with van der Waals surface area (Å²) in [6.45, 7) is 1.80. The first-order chi connectivity index (χ1) is 13.2. The summed E-state index contributed by atoms with van der Waals surface area (Å²) >= 11 is 0. The van der Waals surface area contributed by atoms with Crippen LogP contribution < -0.4 is 9.64 Å². The van der Waals surface area contributed by atoms with Gasteiger partial charge >= 0.3 is 6.03 Å². The van der Waals surface area contributed by atoms with E-state index in [1.807, 2.05) is 0 Å². The van der Waals surface area contributed by atoms with Crippen molar-refractivity contribution in [3.8, 4) is 5.75 Å². The predicted molar refractivity (Wildman–Crippen MR) is 101 cm³/mol. The van der Waals surface area contributed by atoms with Crippen molar-refractivity contribution in [2.45, 2.75) is 31.1 Å². The number of urea groups is 1. The van der Waals surface area contributed by atoms with Gasteiger partial charge in [0.1, 0.15) is 18.9 Å². The molecule has 2 aliphatic heterocycles. The Balaban J connectivity index is 1.98. The smallest absolute Gasteiger partial charge is 0.331 e. The molecule has 1 aromatic rings. The molecule has 0 aromatic heterocycles. The first-order valence-electron chi connectivity index (χ1n) is 9.06. The van der Waals surface area contributed by atoms with E-state index < -0.39 is 16.1 Å². The second kappa shape index (κ2) is 7.88. The number of Topliss-reactive ketones (excluding diaryl/α,β-unsaturated/α-hetero) is 1. The van der Waals surface area contributed by atoms with Crippen molar-refractivity contribution in [1.29, 1.82) is 0 Å². The Bertz CT molecular complexity index is 908. The summed E-state index contributed by atoms with van der Waals surface area (Å²) in [7, 11) is -2.34. The zero-order valence-corrected chi connectivity index (χ0v) is 16.7. The monoisotopic (exact) mass is 409 g/mol. The molecule has 0 N–H and O–H groups in total. The first kappa shape index (κ1) is 20.3. The van der Waals surface area contributed by atoms with Crippen molar-refractivity contribution in [2.24, 2.45) is 0 Å². The van der Waals surface area contributed by atoms with Crippen molar-refractivity contribution in [2.75, 3.05) is 38.2 Å². The molecule has 2 aliphatic rings. The van der Waals surface area contributed by atoms with Crippen LogP contribution in [0, 0.1) is 0 Å². The lowest BCUT2D eigenvalue weighted by molar-refractivity contribution is -0.124. The van der Waals surface area contributed by atoms with Crippen LogP contribution in [-0.2, 0) is 19.6 Å². The fourth-order valence-corrected chi connectivity index (χ4v) is 4.75. The van der Waals surface area contributed by atoms with Crippen molar-refractivity contribution in [1.82, 2.24) is 9.21 Å². The number of imide groups is 1. The normalized spacial score (nSPS) is 18.6. The number of nitrogens with zero attached hydrogens (tertiary/aromatic N) is 3. The number of carbonyl (C=O) groups excluding carboxylic acids is 3. The Morgan fingerprint density at radius 3 is 2.39 bits per heavy atom. The number of sulfonamides is 1. The number of carbonyl (C=O) groups is 3. The standard InChI is InChI=1S/C18H23N3O6S/c1-13(22)12-27-16-10-14(28(25,26)20-8-4-3-5-9-20)6-7-15(16)21-11-17(23)19(2)18(21)24/h6-7,10H,3-5,8-9,11-12H2,1-2H3. The van der Waals surface area contributed by atoms with Crippen molar-refractivity contribution in [3.05, 3.63) is 18.2 Å². The average molecular weight is 409 g/mol. The lowest BCUT2D eigenvalue weighted by Gasteiger charge is -2.26. The van der Waals surface area contributed by atoms with Gasteiger partial charge in [-0.1, -0.05) is 6.42 Å². The zero-order valence-electron chi connectivity index (χ0n) is 15.9. The lowest BCUT2D eigenvalue weighted by Crippen LogP contribution is -2.35. The summed E-state index contributed by atoms with van der Waals surface area (Å²) in [5, 5.41) is 0. The van der Waals surface area contributed by atoms with E-state index in [1.54, 1.807) is 0 Å². The number of hydrogen-bond acceptors (Lipinski definition) is 6. The van der Waals surface area contributed by atoms with Crippen molar-refractivity contribution < 1.29 is 27.5 Å². The van der Waals surface area contributed by atoms with Gasteiger partial charge < -0.3 is 4.74 Å². The first-order valence-corrected chi connectivity index (χ1v) is 10.5. The van der Waals surface area contributed by atoms with E-state index in [9.17, 15) is 22.8 Å². The van der Waals surface area contributed by atoms with Gasteiger partial charge in [0.2, 0.25) is 15.9 Å². The van der Waals surface area contributed by atoms with E-state index in [2.05, 4.69) is 0 Å². The molecule has 10 heteroatoms. The maximum absolute atomic E-state index is 12.9. The van der Waals surface area contributed by atoms with Gasteiger partial charge in [0.05, 0.1) is 10.6 Å². The number of rotatable bonds is 6. The van der Waals surface area contributed by atoms with Crippen LogP contribution in [-0.4, -0.2) is 68.6 Å². The van der Waals surface area contributed by atoms with E-state index in [-0.39, 0.29) is 41.2 Å². The second-order valence-electron chi connectivity index (χ2n) is 6.91. The molecule has 1 aromatic carbocycles. The predicted octanol–water partition coefficient (Wildman–Crippen LogP) is 1.23. The molecule has 2 fully saturated rings. The quantitative estimate of drug-likeness (QED) is 0.655. The molecule has 2 saturated heterocycles. The van der Waals surface area contributed by atoms with E-state index in [0.29, 0.717) is 13.1 Å². The molecule has 28 heavy (non-hydrogen) atoms. The molecular weight excluding hydrogens is 386 g/mol. The fraction of sp³-hybridized carbons (Fsp3) is 0.500. The molecule has 2 heterocycles. The van der Waals surface area contributed by atoms with Crippen LogP contribution in [0.3, 0.4) is 0 Å². The summed E-state index contributed by atoms with van der Waals surface area (Å²) < 4.78 is 32.8. The molecule has 0 radical (unpaired) electrons. The Morgan fingerprint density at radius 2 is 1.82 bits per heavy atom. The molecule has 3 rings (SSSR count). The van der Waals surface area contributed by atoms with E-state index in [0.717, 1.165) is 24.2 Å². The minimum absolute atomic E-state index is 0.0306. The highest BCUT2D eigenvalue weighted by Gasteiger charge is 2.36. The van der Waals surface area contributed by atoms with Crippen molar-refractivity contribution >= 4 is 33.4 Å². The topological polar surface area (TPSA) is 104 Å². The molecule has 0 atom stereocenters. The number of amides is 3. The Labute approximate surface area is 163 Å². The molecule has 3 amide bonds. The van der Waals surface area contributed by atoms with Gasteiger partial charge in [-0.3, -0.25) is 19.4 Å². The molecule has 0 bridgehead atoms. The fourth-order valence-electron chi connectivity index (χ4n) is 3.21. The number of ether oxygens (including phenoxy) is 1. The van der Waals surface area contributed by atoms with Gasteiger partial charge in [0.15, 0.2) is 5.78 Å². The lowest BCUT2D eigenvalue weighted by atomic mass is 10.2. The van der Waals surface area contributed by atoms with Crippen LogP contribution in [0.2, 0.25) is 0 Å². The summed E-state index contributed by atoms with van der Waals surface area (Å²) in [5.41, 5.74) is 0.251. The highest BCUT2D eigenvalue weighted by molar-refractivity contribution is 7.89. The van der Waals surface area contributed by atoms with Gasteiger partial charge in [-0.2, -0.15) is 4.31 Å². The molecule has 0 aliphatic carbocycles. The van der Waals surface area contributed by atoms with Gasteiger partial charge in [-0.05, 0) is 31.9 Å². The van der Waals surface area contributed by atoms with Gasteiger partial charge in [0, 0.05) is 26.2 Å². The summed E-state index contributed by atoms with van der Waals surface area (Å²) in [4.78, 5) is 37.7. The highest BCUT2D eigenvalue weighted by Crippen LogP contribution is 2.34. The summed E-state index contributed by atoms with van der Waals surface area (Å²) in [6.07, 6.45) is 2.61. The minimum atomic E-state index is -3.71. The molecule has 0 unspecified atom stereocenters. The summed E-state index contributed by atoms with van der Waals surface area (Å²) in [5.74, 6) is -0.562. The molecule has 152 valence electrons. The zero-order chi connectivity index (χ0) is 20.5. The average Bonchev–Trinajstić information content (AvgIpc) is 2.94. The Morgan fingerprint density at radius 1 is 1.14 bits per heavy atom. The van der Waals surface area contributed by atoms with Crippen LogP contribution in [0.25, 0.3) is 0 Å². The number of hydrogen-bond donors (Lipinski definition) is 0. The third-order valence-corrected chi connectivity index (χ3v) is 6.69. The van der Waals surface area contributed by atoms with Gasteiger partial charge in [-0.25, -0.2) is 13.2 Å². The second-order valence-corrected chi connectivity index (χ2v) is 8.84. The Hall–Kier alpha value is -2.46. The van der Waals surface area contributed by atoms with Crippen LogP contribution in [0.4, 0.5) is 10.5 Å². The van der Waals surface area contributed by atoms with E-state index in [4.69, 9.17) is 4.74 Å². The van der Waals surface area contributed by atoms with E-state index in [1.165, 1.54) is 41.4 Å². The van der Waals surface area contributed by atoms with Crippen LogP contribution in [0.5, 0.6) is 5.75 Å². The number of anilines is 1. The van der Waals surface area contributed by atoms with E-state index >= 15 is 0 Å². The minimum Gasteiger partial charge on any atom is -0.484 e. The highest BCUT2D eigenvalue weighted by atomic mass is 32.2. The number of benzene rings is 1. The third-order valence-electron chi connectivity index (χ3n) is 4.79. The van der Waals surface area contributed by atoms with Crippen LogP contribution in [0.15, 0.2) is 23.1 Å². The number of ketones is 1.